The zero-order valence-corrected chi connectivity index (χ0v) is 17.1. The Bertz CT molecular complexity index is 846. The molecule has 0 amide bonds. The van der Waals surface area contributed by atoms with Gasteiger partial charge in [-0.3, -0.25) is 4.90 Å². The highest BCUT2D eigenvalue weighted by atomic mass is 35.5. The number of hydrogen-bond acceptors (Lipinski definition) is 2. The number of hydrogen-bond donors (Lipinski definition) is 0. The van der Waals surface area contributed by atoms with Gasteiger partial charge < -0.3 is 0 Å². The van der Waals surface area contributed by atoms with Gasteiger partial charge in [-0.15, -0.1) is 0 Å². The fraction of sp³-hybridized carbons (Fsp3) is 0.435. The molecule has 136 valence electrons. The molecule has 1 aliphatic heterocycles. The fourth-order valence-electron chi connectivity index (χ4n) is 4.13. The topological polar surface area (TPSA) is 27.0 Å². The Kier molecular flexibility index (Phi) is 5.15. The summed E-state index contributed by atoms with van der Waals surface area (Å²) >= 11 is 6.63. The van der Waals surface area contributed by atoms with E-state index in [2.05, 4.69) is 76.0 Å². The van der Waals surface area contributed by atoms with E-state index in [1.807, 2.05) is 6.07 Å². The van der Waals surface area contributed by atoms with Crippen LogP contribution in [0.2, 0.25) is 5.02 Å². The lowest BCUT2D eigenvalue weighted by Gasteiger charge is -2.52. The average Bonchev–Trinajstić information content (AvgIpc) is 2.60. The standard InChI is InChI=1S/C23H27ClN2/c1-15(2)17-6-8-19(9-7-17)23(10-11-26(23)5)20-12-18(14-25)22(16(3)4)21(24)13-20/h6-9,12-13,15-16H,10-11H2,1-5H3. The first-order chi connectivity index (χ1) is 12.3. The summed E-state index contributed by atoms with van der Waals surface area (Å²) in [5.74, 6) is 0.746. The maximum Gasteiger partial charge on any atom is 0.0995 e. The summed E-state index contributed by atoms with van der Waals surface area (Å²) in [5, 5.41) is 10.4. The van der Waals surface area contributed by atoms with E-state index in [-0.39, 0.29) is 11.5 Å². The average molecular weight is 367 g/mol. The van der Waals surface area contributed by atoms with Gasteiger partial charge in [0.1, 0.15) is 0 Å². The minimum absolute atomic E-state index is 0.194. The van der Waals surface area contributed by atoms with Gasteiger partial charge in [-0.2, -0.15) is 5.26 Å². The smallest absolute Gasteiger partial charge is 0.0995 e. The van der Waals surface area contributed by atoms with Crippen LogP contribution in [0.1, 0.15) is 73.8 Å². The van der Waals surface area contributed by atoms with Crippen molar-refractivity contribution in [2.75, 3.05) is 13.6 Å². The molecule has 0 N–H and O–H groups in total. The van der Waals surface area contributed by atoms with Crippen LogP contribution in [0.4, 0.5) is 0 Å². The van der Waals surface area contributed by atoms with Crippen molar-refractivity contribution in [1.82, 2.24) is 4.90 Å². The van der Waals surface area contributed by atoms with E-state index in [1.165, 1.54) is 11.1 Å². The Balaban J connectivity index is 2.15. The molecule has 1 aliphatic rings. The van der Waals surface area contributed by atoms with Gasteiger partial charge in [0.25, 0.3) is 0 Å². The predicted molar refractivity (Wildman–Crippen MR) is 109 cm³/mol. The Labute approximate surface area is 162 Å². The monoisotopic (exact) mass is 366 g/mol. The maximum atomic E-state index is 9.68. The van der Waals surface area contributed by atoms with Crippen molar-refractivity contribution in [1.29, 1.82) is 5.26 Å². The molecule has 1 heterocycles. The van der Waals surface area contributed by atoms with E-state index in [1.54, 1.807) is 0 Å². The molecule has 0 saturated carbocycles. The molecule has 26 heavy (non-hydrogen) atoms. The first-order valence-electron chi connectivity index (χ1n) is 9.37. The van der Waals surface area contributed by atoms with E-state index >= 15 is 0 Å². The number of benzene rings is 2. The van der Waals surface area contributed by atoms with E-state index < -0.39 is 0 Å². The fourth-order valence-corrected chi connectivity index (χ4v) is 4.57. The Morgan fingerprint density at radius 1 is 1.04 bits per heavy atom. The molecular weight excluding hydrogens is 340 g/mol. The number of likely N-dealkylation sites (tertiary alicyclic amines) is 1. The molecule has 0 bridgehead atoms. The van der Waals surface area contributed by atoms with Crippen molar-refractivity contribution in [2.45, 2.75) is 51.5 Å². The number of nitriles is 1. The third-order valence-electron chi connectivity index (χ3n) is 5.82. The van der Waals surface area contributed by atoms with Crippen LogP contribution in [-0.4, -0.2) is 18.5 Å². The van der Waals surface area contributed by atoms with E-state index in [0.29, 0.717) is 16.5 Å². The molecule has 1 saturated heterocycles. The highest BCUT2D eigenvalue weighted by Crippen LogP contribution is 2.47. The van der Waals surface area contributed by atoms with Crippen molar-refractivity contribution in [2.24, 2.45) is 0 Å². The van der Waals surface area contributed by atoms with Crippen molar-refractivity contribution in [3.8, 4) is 6.07 Å². The third-order valence-corrected chi connectivity index (χ3v) is 6.13. The molecule has 0 radical (unpaired) electrons. The van der Waals surface area contributed by atoms with Crippen LogP contribution in [0.3, 0.4) is 0 Å². The minimum Gasteiger partial charge on any atom is -0.293 e. The predicted octanol–water partition coefficient (Wildman–Crippen LogP) is 6.04. The molecule has 2 nitrogen and oxygen atoms in total. The van der Waals surface area contributed by atoms with E-state index in [9.17, 15) is 5.26 Å². The minimum atomic E-state index is -0.194. The third kappa shape index (κ3) is 2.94. The molecule has 0 aliphatic carbocycles. The molecule has 0 spiro atoms. The second kappa shape index (κ2) is 7.06. The van der Waals surface area contributed by atoms with Gasteiger partial charge in [-0.25, -0.2) is 0 Å². The van der Waals surface area contributed by atoms with Crippen LogP contribution >= 0.6 is 11.6 Å². The second-order valence-electron chi connectivity index (χ2n) is 7.99. The Hall–Kier alpha value is -1.82. The molecule has 3 heteroatoms. The lowest BCUT2D eigenvalue weighted by molar-refractivity contribution is 0.0446. The summed E-state index contributed by atoms with van der Waals surface area (Å²) in [6, 6.07) is 15.4. The van der Waals surface area contributed by atoms with Crippen molar-refractivity contribution < 1.29 is 0 Å². The van der Waals surface area contributed by atoms with Gasteiger partial charge in [0.2, 0.25) is 0 Å². The van der Waals surface area contributed by atoms with E-state index in [4.69, 9.17) is 11.6 Å². The second-order valence-corrected chi connectivity index (χ2v) is 8.40. The summed E-state index contributed by atoms with van der Waals surface area (Å²) in [6.07, 6.45) is 1.03. The molecule has 1 fully saturated rings. The zero-order chi connectivity index (χ0) is 19.1. The van der Waals surface area contributed by atoms with Gasteiger partial charge in [0.15, 0.2) is 0 Å². The zero-order valence-electron chi connectivity index (χ0n) is 16.3. The summed E-state index contributed by atoms with van der Waals surface area (Å²) in [7, 11) is 2.15. The lowest BCUT2D eigenvalue weighted by Crippen LogP contribution is -2.55. The molecule has 2 aromatic carbocycles. The van der Waals surface area contributed by atoms with Crippen LogP contribution in [0, 0.1) is 11.3 Å². The number of halogens is 1. The Morgan fingerprint density at radius 2 is 1.69 bits per heavy atom. The maximum absolute atomic E-state index is 9.68. The van der Waals surface area contributed by atoms with Crippen molar-refractivity contribution in [3.63, 3.8) is 0 Å². The summed E-state index contributed by atoms with van der Waals surface area (Å²) < 4.78 is 0. The first kappa shape index (κ1) is 19.0. The quantitative estimate of drug-likeness (QED) is 0.659. The number of rotatable bonds is 4. The molecule has 1 atom stereocenters. The molecule has 0 aromatic heterocycles. The summed E-state index contributed by atoms with van der Waals surface area (Å²) in [5.41, 5.74) is 5.19. The Morgan fingerprint density at radius 3 is 2.12 bits per heavy atom. The van der Waals surface area contributed by atoms with Crippen LogP contribution < -0.4 is 0 Å². The molecular formula is C23H27ClN2. The van der Waals surface area contributed by atoms with Crippen molar-refractivity contribution >= 4 is 11.6 Å². The lowest BCUT2D eigenvalue weighted by atomic mass is 9.72. The molecule has 3 rings (SSSR count). The number of nitrogens with zero attached hydrogens (tertiary/aromatic N) is 2. The molecule has 2 aromatic rings. The molecule has 1 unspecified atom stereocenters. The van der Waals surface area contributed by atoms with Gasteiger partial charge in [-0.05, 0) is 59.7 Å². The van der Waals surface area contributed by atoms with E-state index in [0.717, 1.165) is 24.1 Å². The summed E-state index contributed by atoms with van der Waals surface area (Å²) in [4.78, 5) is 2.36. The summed E-state index contributed by atoms with van der Waals surface area (Å²) in [6.45, 7) is 9.63. The first-order valence-corrected chi connectivity index (χ1v) is 9.74. The van der Waals surface area contributed by atoms with Crippen LogP contribution in [0.15, 0.2) is 36.4 Å². The SMILES string of the molecule is CC(C)c1ccc(C2(c3cc(Cl)c(C(C)C)c(C#N)c3)CCN2C)cc1. The van der Waals surface area contributed by atoms with Gasteiger partial charge in [0, 0.05) is 11.6 Å². The van der Waals surface area contributed by atoms with Gasteiger partial charge >= 0.3 is 0 Å². The highest BCUT2D eigenvalue weighted by molar-refractivity contribution is 6.31. The van der Waals surface area contributed by atoms with Crippen LogP contribution in [0.5, 0.6) is 0 Å². The van der Waals surface area contributed by atoms with Gasteiger partial charge in [-0.1, -0.05) is 63.6 Å². The van der Waals surface area contributed by atoms with Crippen LogP contribution in [-0.2, 0) is 5.54 Å². The normalized spacial score (nSPS) is 20.3. The van der Waals surface area contributed by atoms with Crippen LogP contribution in [0.25, 0.3) is 0 Å². The van der Waals surface area contributed by atoms with Crippen molar-refractivity contribution in [3.05, 3.63) is 69.2 Å². The van der Waals surface area contributed by atoms with Gasteiger partial charge in [0.05, 0.1) is 17.2 Å². The highest BCUT2D eigenvalue weighted by Gasteiger charge is 2.45. The largest absolute Gasteiger partial charge is 0.293 e.